The van der Waals surface area contributed by atoms with Crippen LogP contribution in [0.15, 0.2) is 24.3 Å². The first-order valence-electron chi connectivity index (χ1n) is 7.65. The fourth-order valence-electron chi connectivity index (χ4n) is 3.93. The minimum Gasteiger partial charge on any atom is -0.333 e. The first-order chi connectivity index (χ1) is 10.1. The number of nitro benzene ring substituents is 1. The lowest BCUT2D eigenvalue weighted by Gasteiger charge is -2.33. The number of fused-ring (bicyclic) bond motifs is 1. The van der Waals surface area contributed by atoms with Gasteiger partial charge in [-0.2, -0.15) is 0 Å². The highest BCUT2D eigenvalue weighted by Crippen LogP contribution is 2.40. The normalized spacial score (nSPS) is 28.2. The van der Waals surface area contributed by atoms with Crippen molar-refractivity contribution in [2.75, 3.05) is 0 Å². The lowest BCUT2D eigenvalue weighted by atomic mass is 9.85. The van der Waals surface area contributed by atoms with Gasteiger partial charge in [-0.15, -0.1) is 0 Å². The maximum atomic E-state index is 12.7. The molecule has 1 aliphatic carbocycles. The van der Waals surface area contributed by atoms with Crippen molar-refractivity contribution in [2.45, 2.75) is 51.1 Å². The molecule has 21 heavy (non-hydrogen) atoms. The van der Waals surface area contributed by atoms with E-state index in [2.05, 4.69) is 6.92 Å². The van der Waals surface area contributed by atoms with Crippen LogP contribution in [-0.2, 0) is 0 Å². The maximum Gasteiger partial charge on any atom is 0.269 e. The van der Waals surface area contributed by atoms with Crippen LogP contribution in [0.2, 0.25) is 0 Å². The number of hydrogen-bond acceptors (Lipinski definition) is 3. The Kier molecular flexibility index (Phi) is 3.66. The van der Waals surface area contributed by atoms with E-state index in [0.29, 0.717) is 17.5 Å². The van der Waals surface area contributed by atoms with Crippen molar-refractivity contribution in [3.05, 3.63) is 39.9 Å². The van der Waals surface area contributed by atoms with E-state index in [1.807, 2.05) is 4.90 Å². The van der Waals surface area contributed by atoms with Crippen molar-refractivity contribution >= 4 is 11.6 Å². The van der Waals surface area contributed by atoms with Crippen LogP contribution in [-0.4, -0.2) is 27.8 Å². The molecule has 2 fully saturated rings. The highest BCUT2D eigenvalue weighted by atomic mass is 16.6. The summed E-state index contributed by atoms with van der Waals surface area (Å²) in [6.45, 7) is 2.11. The zero-order valence-corrected chi connectivity index (χ0v) is 12.2. The average Bonchev–Trinajstić information content (AvgIpc) is 2.82. The van der Waals surface area contributed by atoms with Crippen LogP contribution in [0.1, 0.15) is 49.4 Å². The summed E-state index contributed by atoms with van der Waals surface area (Å²) in [5, 5.41) is 10.7. The third-order valence-corrected chi connectivity index (χ3v) is 4.90. The predicted molar refractivity (Wildman–Crippen MR) is 79.1 cm³/mol. The number of likely N-dealkylation sites (tertiary alicyclic amines) is 1. The predicted octanol–water partition coefficient (Wildman–Crippen LogP) is 3.39. The molecule has 112 valence electrons. The lowest BCUT2D eigenvalue weighted by molar-refractivity contribution is -0.384. The summed E-state index contributed by atoms with van der Waals surface area (Å²) >= 11 is 0. The quantitative estimate of drug-likeness (QED) is 0.619. The van der Waals surface area contributed by atoms with Crippen LogP contribution in [0.3, 0.4) is 0 Å². The zero-order chi connectivity index (χ0) is 15.0. The van der Waals surface area contributed by atoms with Crippen molar-refractivity contribution in [1.29, 1.82) is 0 Å². The van der Waals surface area contributed by atoms with E-state index in [-0.39, 0.29) is 17.6 Å². The highest BCUT2D eigenvalue weighted by Gasteiger charge is 2.42. The van der Waals surface area contributed by atoms with Crippen molar-refractivity contribution < 1.29 is 9.72 Å². The van der Waals surface area contributed by atoms with Crippen molar-refractivity contribution in [3.8, 4) is 0 Å². The standard InChI is InChI=1S/C16H20N2O3/c1-11-10-13-4-2-3-5-15(13)17(11)16(19)12-6-8-14(9-7-12)18(20)21/h6-9,11,13,15H,2-5,10H2,1H3. The molecule has 1 aliphatic heterocycles. The summed E-state index contributed by atoms with van der Waals surface area (Å²) < 4.78 is 0. The first kappa shape index (κ1) is 14.0. The Labute approximate surface area is 124 Å². The Bertz CT molecular complexity index is 555. The highest BCUT2D eigenvalue weighted by molar-refractivity contribution is 5.95. The van der Waals surface area contributed by atoms with Gasteiger partial charge in [0.05, 0.1) is 4.92 Å². The second kappa shape index (κ2) is 5.47. The summed E-state index contributed by atoms with van der Waals surface area (Å²) in [7, 11) is 0. The molecule has 2 aliphatic rings. The van der Waals surface area contributed by atoms with E-state index in [1.54, 1.807) is 12.1 Å². The van der Waals surface area contributed by atoms with Gasteiger partial charge < -0.3 is 4.90 Å². The molecule has 5 nitrogen and oxygen atoms in total. The minimum atomic E-state index is -0.441. The Morgan fingerprint density at radius 3 is 2.57 bits per heavy atom. The molecule has 3 unspecified atom stereocenters. The number of benzene rings is 1. The Morgan fingerprint density at radius 2 is 1.90 bits per heavy atom. The summed E-state index contributed by atoms with van der Waals surface area (Å²) in [5.41, 5.74) is 0.579. The molecule has 1 heterocycles. The van der Waals surface area contributed by atoms with E-state index in [1.165, 1.54) is 31.4 Å². The van der Waals surface area contributed by atoms with Crippen LogP contribution in [0.5, 0.6) is 0 Å². The first-order valence-corrected chi connectivity index (χ1v) is 7.65. The monoisotopic (exact) mass is 288 g/mol. The molecule has 1 saturated carbocycles. The summed E-state index contributed by atoms with van der Waals surface area (Å²) in [6, 6.07) is 6.59. The molecule has 1 aromatic carbocycles. The number of carbonyl (C=O) groups excluding carboxylic acids is 1. The lowest BCUT2D eigenvalue weighted by Crippen LogP contribution is -2.42. The van der Waals surface area contributed by atoms with Crippen LogP contribution in [0.25, 0.3) is 0 Å². The SMILES string of the molecule is CC1CC2CCCCC2N1C(=O)c1ccc([N+](=O)[O-])cc1. The van der Waals surface area contributed by atoms with Crippen molar-refractivity contribution in [1.82, 2.24) is 4.90 Å². The Morgan fingerprint density at radius 1 is 1.24 bits per heavy atom. The second-order valence-corrected chi connectivity index (χ2v) is 6.21. The Hall–Kier alpha value is -1.91. The molecular formula is C16H20N2O3. The van der Waals surface area contributed by atoms with E-state index < -0.39 is 4.92 Å². The van der Waals surface area contributed by atoms with Gasteiger partial charge in [0.25, 0.3) is 11.6 Å². The molecule has 0 radical (unpaired) electrons. The largest absolute Gasteiger partial charge is 0.333 e. The smallest absolute Gasteiger partial charge is 0.269 e. The summed E-state index contributed by atoms with van der Waals surface area (Å²) in [6.07, 6.45) is 5.86. The molecule has 0 N–H and O–H groups in total. The van der Waals surface area contributed by atoms with E-state index in [9.17, 15) is 14.9 Å². The number of carbonyl (C=O) groups is 1. The molecule has 0 bridgehead atoms. The summed E-state index contributed by atoms with van der Waals surface area (Å²) in [4.78, 5) is 25.0. The van der Waals surface area contributed by atoms with Crippen LogP contribution < -0.4 is 0 Å². The average molecular weight is 288 g/mol. The minimum absolute atomic E-state index is 0.0202. The maximum absolute atomic E-state index is 12.7. The fraction of sp³-hybridized carbons (Fsp3) is 0.562. The van der Waals surface area contributed by atoms with Gasteiger partial charge in [0.2, 0.25) is 0 Å². The van der Waals surface area contributed by atoms with Gasteiger partial charge in [0, 0.05) is 29.8 Å². The fourth-order valence-corrected chi connectivity index (χ4v) is 3.93. The van der Waals surface area contributed by atoms with Crippen LogP contribution >= 0.6 is 0 Å². The van der Waals surface area contributed by atoms with Crippen molar-refractivity contribution in [3.63, 3.8) is 0 Å². The number of non-ortho nitro benzene ring substituents is 1. The molecule has 5 heteroatoms. The molecule has 1 amide bonds. The number of nitro groups is 1. The zero-order valence-electron chi connectivity index (χ0n) is 12.2. The van der Waals surface area contributed by atoms with Gasteiger partial charge in [-0.25, -0.2) is 0 Å². The molecule has 3 rings (SSSR count). The third-order valence-electron chi connectivity index (χ3n) is 4.90. The molecule has 1 aromatic rings. The van der Waals surface area contributed by atoms with Crippen LogP contribution in [0.4, 0.5) is 5.69 Å². The van der Waals surface area contributed by atoms with E-state index in [4.69, 9.17) is 0 Å². The molecule has 1 saturated heterocycles. The van der Waals surface area contributed by atoms with Crippen molar-refractivity contribution in [2.24, 2.45) is 5.92 Å². The van der Waals surface area contributed by atoms with Crippen LogP contribution in [0, 0.1) is 16.0 Å². The topological polar surface area (TPSA) is 63.5 Å². The molecule has 0 spiro atoms. The number of rotatable bonds is 2. The number of hydrogen-bond donors (Lipinski definition) is 0. The van der Waals surface area contributed by atoms with Gasteiger partial charge in [-0.3, -0.25) is 14.9 Å². The Balaban J connectivity index is 1.82. The molecule has 0 aromatic heterocycles. The summed E-state index contributed by atoms with van der Waals surface area (Å²) in [5.74, 6) is 0.655. The molecule has 3 atom stereocenters. The van der Waals surface area contributed by atoms with Gasteiger partial charge >= 0.3 is 0 Å². The molecular weight excluding hydrogens is 268 g/mol. The number of nitrogens with zero attached hydrogens (tertiary/aromatic N) is 2. The van der Waals surface area contributed by atoms with E-state index >= 15 is 0 Å². The van der Waals surface area contributed by atoms with Gasteiger partial charge in [0.15, 0.2) is 0 Å². The number of amides is 1. The van der Waals surface area contributed by atoms with E-state index in [0.717, 1.165) is 12.8 Å². The van der Waals surface area contributed by atoms with Gasteiger partial charge in [0.1, 0.15) is 0 Å². The van der Waals surface area contributed by atoms with Gasteiger partial charge in [-0.05, 0) is 44.2 Å². The van der Waals surface area contributed by atoms with Gasteiger partial charge in [-0.1, -0.05) is 12.8 Å². The third kappa shape index (κ3) is 2.52. The second-order valence-electron chi connectivity index (χ2n) is 6.21.